The molecule has 13 heavy (non-hydrogen) atoms. The van der Waals surface area contributed by atoms with Crippen LogP contribution in [-0.4, -0.2) is 18.1 Å². The van der Waals surface area contributed by atoms with Gasteiger partial charge in [-0.05, 0) is 12.1 Å². The van der Waals surface area contributed by atoms with E-state index in [1.807, 2.05) is 6.92 Å². The van der Waals surface area contributed by atoms with Crippen LogP contribution in [-0.2, 0) is 4.79 Å². The van der Waals surface area contributed by atoms with Crippen molar-refractivity contribution in [2.75, 3.05) is 11.9 Å². The third-order valence-corrected chi connectivity index (χ3v) is 1.89. The predicted molar refractivity (Wildman–Crippen MR) is 51.8 cm³/mol. The van der Waals surface area contributed by atoms with Crippen molar-refractivity contribution in [3.05, 3.63) is 24.3 Å². The van der Waals surface area contributed by atoms with E-state index in [1.165, 1.54) is 4.90 Å². The molecule has 0 bridgehead atoms. The fraction of sp³-hybridized carbons (Fsp3) is 0.300. The third kappa shape index (κ3) is 2.21. The highest BCUT2D eigenvalue weighted by Gasteiger charge is 2.07. The molecule has 0 saturated carbocycles. The second-order valence-electron chi connectivity index (χ2n) is 2.83. The van der Waals surface area contributed by atoms with Crippen LogP contribution in [0.3, 0.4) is 0 Å². The quantitative estimate of drug-likeness (QED) is 0.751. The van der Waals surface area contributed by atoms with E-state index in [0.29, 0.717) is 12.1 Å². The number of carbonyl (C=O) groups is 1. The Labute approximate surface area is 77.6 Å². The number of hydrogen-bond donors (Lipinski definition) is 1. The minimum atomic E-state index is 0.0330. The van der Waals surface area contributed by atoms with Gasteiger partial charge in [0.2, 0.25) is 5.91 Å². The highest BCUT2D eigenvalue weighted by molar-refractivity contribution is 5.92. The summed E-state index contributed by atoms with van der Waals surface area (Å²) in [6.45, 7) is 1.81. The molecule has 0 fully saturated rings. The number of nitrogens with zero attached hydrogens (tertiary/aromatic N) is 1. The van der Waals surface area contributed by atoms with Crippen LogP contribution in [0.25, 0.3) is 0 Å². The first-order chi connectivity index (χ1) is 6.15. The lowest BCUT2D eigenvalue weighted by molar-refractivity contribution is -0.118. The van der Waals surface area contributed by atoms with E-state index in [0.717, 1.165) is 0 Å². The van der Waals surface area contributed by atoms with Crippen LogP contribution in [0.15, 0.2) is 24.3 Å². The van der Waals surface area contributed by atoms with Crippen molar-refractivity contribution in [2.45, 2.75) is 13.3 Å². The maximum absolute atomic E-state index is 11.3. The maximum Gasteiger partial charge on any atom is 0.226 e. The van der Waals surface area contributed by atoms with Crippen LogP contribution < -0.4 is 4.90 Å². The van der Waals surface area contributed by atoms with E-state index < -0.39 is 0 Å². The summed E-state index contributed by atoms with van der Waals surface area (Å²) >= 11 is 0. The lowest BCUT2D eigenvalue weighted by Crippen LogP contribution is -2.24. The summed E-state index contributed by atoms with van der Waals surface area (Å²) in [6.07, 6.45) is 0.464. The van der Waals surface area contributed by atoms with Crippen LogP contribution >= 0.6 is 0 Å². The average Bonchev–Trinajstić information content (AvgIpc) is 2.15. The summed E-state index contributed by atoms with van der Waals surface area (Å²) in [7, 11) is 1.70. The lowest BCUT2D eigenvalue weighted by atomic mass is 10.2. The number of benzene rings is 1. The van der Waals surface area contributed by atoms with Gasteiger partial charge in [0.25, 0.3) is 0 Å². The van der Waals surface area contributed by atoms with Gasteiger partial charge in [-0.3, -0.25) is 4.79 Å². The summed E-state index contributed by atoms with van der Waals surface area (Å²) < 4.78 is 0. The molecule has 0 radical (unpaired) electrons. The van der Waals surface area contributed by atoms with Gasteiger partial charge in [0, 0.05) is 25.2 Å². The van der Waals surface area contributed by atoms with E-state index in [4.69, 9.17) is 0 Å². The van der Waals surface area contributed by atoms with Crippen molar-refractivity contribution >= 4 is 11.6 Å². The molecule has 3 heteroatoms. The summed E-state index contributed by atoms with van der Waals surface area (Å²) in [5.41, 5.74) is 0.715. The monoisotopic (exact) mass is 179 g/mol. The van der Waals surface area contributed by atoms with Crippen molar-refractivity contribution in [1.82, 2.24) is 0 Å². The zero-order chi connectivity index (χ0) is 9.84. The van der Waals surface area contributed by atoms with E-state index in [9.17, 15) is 9.90 Å². The Kier molecular flexibility index (Phi) is 2.90. The van der Waals surface area contributed by atoms with Crippen LogP contribution in [0.1, 0.15) is 13.3 Å². The normalized spacial score (nSPS) is 9.69. The second-order valence-corrected chi connectivity index (χ2v) is 2.83. The Hall–Kier alpha value is -1.51. The zero-order valence-electron chi connectivity index (χ0n) is 7.82. The van der Waals surface area contributed by atoms with Gasteiger partial charge in [-0.1, -0.05) is 13.0 Å². The Balaban J connectivity index is 2.88. The number of phenols is 1. The first-order valence-corrected chi connectivity index (χ1v) is 4.20. The summed E-state index contributed by atoms with van der Waals surface area (Å²) in [4.78, 5) is 12.8. The highest BCUT2D eigenvalue weighted by Crippen LogP contribution is 2.19. The molecule has 0 aromatic heterocycles. The molecule has 0 saturated heterocycles. The molecule has 1 N–H and O–H groups in total. The van der Waals surface area contributed by atoms with E-state index in [1.54, 1.807) is 31.3 Å². The second kappa shape index (κ2) is 3.94. The molecule has 70 valence electrons. The van der Waals surface area contributed by atoms with Crippen molar-refractivity contribution in [2.24, 2.45) is 0 Å². The molecule has 0 aliphatic rings. The number of rotatable bonds is 2. The molecule has 0 atom stereocenters. The molecule has 3 nitrogen and oxygen atoms in total. The number of carbonyl (C=O) groups excluding carboxylic acids is 1. The molecule has 1 aromatic carbocycles. The average molecular weight is 179 g/mol. The van der Waals surface area contributed by atoms with Crippen LogP contribution in [0, 0.1) is 0 Å². The van der Waals surface area contributed by atoms with Crippen LogP contribution in [0.2, 0.25) is 0 Å². The molecule has 1 aromatic rings. The predicted octanol–water partition coefficient (Wildman–Crippen LogP) is 1.76. The number of phenolic OH excluding ortho intramolecular Hbond substituents is 1. The van der Waals surface area contributed by atoms with Gasteiger partial charge in [-0.15, -0.1) is 0 Å². The Bertz CT molecular complexity index is 310. The van der Waals surface area contributed by atoms with E-state index >= 15 is 0 Å². The maximum atomic E-state index is 11.3. The number of amides is 1. The molecule has 0 aliphatic carbocycles. The molecule has 1 amide bonds. The van der Waals surface area contributed by atoms with Crippen molar-refractivity contribution in [3.8, 4) is 5.75 Å². The van der Waals surface area contributed by atoms with Gasteiger partial charge in [-0.25, -0.2) is 0 Å². The smallest absolute Gasteiger partial charge is 0.226 e. The SMILES string of the molecule is CCC(=O)N(C)c1cccc(O)c1. The van der Waals surface area contributed by atoms with Gasteiger partial charge in [-0.2, -0.15) is 0 Å². The van der Waals surface area contributed by atoms with Crippen LogP contribution in [0.4, 0.5) is 5.69 Å². The number of anilines is 1. The van der Waals surface area contributed by atoms with Crippen molar-refractivity contribution in [3.63, 3.8) is 0 Å². The van der Waals surface area contributed by atoms with Crippen molar-refractivity contribution < 1.29 is 9.90 Å². The fourth-order valence-electron chi connectivity index (χ4n) is 1.08. The summed E-state index contributed by atoms with van der Waals surface area (Å²) in [6, 6.07) is 6.64. The summed E-state index contributed by atoms with van der Waals surface area (Å²) in [5.74, 6) is 0.207. The minimum Gasteiger partial charge on any atom is -0.508 e. The molecule has 1 rings (SSSR count). The Morgan fingerprint density at radius 1 is 1.54 bits per heavy atom. The molecule has 0 aliphatic heterocycles. The van der Waals surface area contributed by atoms with Gasteiger partial charge in [0.1, 0.15) is 5.75 Å². The standard InChI is InChI=1S/C10H13NO2/c1-3-10(13)11(2)8-5-4-6-9(12)7-8/h4-7,12H,3H2,1-2H3. The molecule has 0 spiro atoms. The molecular formula is C10H13NO2. The molecule has 0 heterocycles. The number of hydrogen-bond acceptors (Lipinski definition) is 2. The Morgan fingerprint density at radius 2 is 2.23 bits per heavy atom. The largest absolute Gasteiger partial charge is 0.508 e. The van der Waals surface area contributed by atoms with E-state index in [2.05, 4.69) is 0 Å². The Morgan fingerprint density at radius 3 is 2.77 bits per heavy atom. The van der Waals surface area contributed by atoms with Gasteiger partial charge in [0.15, 0.2) is 0 Å². The highest BCUT2D eigenvalue weighted by atomic mass is 16.3. The first kappa shape index (κ1) is 9.58. The molecular weight excluding hydrogens is 166 g/mol. The fourth-order valence-corrected chi connectivity index (χ4v) is 1.08. The van der Waals surface area contributed by atoms with Gasteiger partial charge in [0.05, 0.1) is 0 Å². The molecule has 0 unspecified atom stereocenters. The first-order valence-electron chi connectivity index (χ1n) is 4.20. The van der Waals surface area contributed by atoms with E-state index in [-0.39, 0.29) is 11.7 Å². The third-order valence-electron chi connectivity index (χ3n) is 1.89. The summed E-state index contributed by atoms with van der Waals surface area (Å²) in [5, 5.41) is 9.18. The van der Waals surface area contributed by atoms with Crippen LogP contribution in [0.5, 0.6) is 5.75 Å². The minimum absolute atomic E-state index is 0.0330. The lowest BCUT2D eigenvalue weighted by Gasteiger charge is -2.16. The number of aromatic hydroxyl groups is 1. The van der Waals surface area contributed by atoms with Gasteiger partial charge < -0.3 is 10.0 Å². The van der Waals surface area contributed by atoms with Gasteiger partial charge >= 0.3 is 0 Å². The topological polar surface area (TPSA) is 40.5 Å². The van der Waals surface area contributed by atoms with Crippen molar-refractivity contribution in [1.29, 1.82) is 0 Å². The zero-order valence-corrected chi connectivity index (χ0v) is 7.82.